The minimum absolute atomic E-state index is 0.0203. The number of carbonyl (C=O) groups is 1. The van der Waals surface area contributed by atoms with Crippen molar-refractivity contribution in [3.63, 3.8) is 0 Å². The van der Waals surface area contributed by atoms with Crippen LogP contribution in [0.25, 0.3) is 0 Å². The first-order valence-corrected chi connectivity index (χ1v) is 5.59. The molecular weight excluding hydrogens is 178 g/mol. The van der Waals surface area contributed by atoms with Crippen LogP contribution in [0.3, 0.4) is 0 Å². The van der Waals surface area contributed by atoms with Gasteiger partial charge in [-0.2, -0.15) is 0 Å². The number of esters is 1. The Bertz CT molecular complexity index is 194. The fourth-order valence-corrected chi connectivity index (χ4v) is 1.64. The molecule has 1 aliphatic carbocycles. The van der Waals surface area contributed by atoms with Gasteiger partial charge in [0.15, 0.2) is 0 Å². The lowest BCUT2D eigenvalue weighted by molar-refractivity contribution is -0.147. The van der Waals surface area contributed by atoms with Gasteiger partial charge in [0.05, 0.1) is 12.5 Å². The van der Waals surface area contributed by atoms with Gasteiger partial charge in [0.1, 0.15) is 0 Å². The zero-order valence-corrected chi connectivity index (χ0v) is 9.38. The summed E-state index contributed by atoms with van der Waals surface area (Å²) in [5.41, 5.74) is 0. The van der Waals surface area contributed by atoms with Crippen molar-refractivity contribution in [2.75, 3.05) is 13.2 Å². The summed E-state index contributed by atoms with van der Waals surface area (Å²) >= 11 is 0. The lowest BCUT2D eigenvalue weighted by Crippen LogP contribution is -2.30. The van der Waals surface area contributed by atoms with Crippen molar-refractivity contribution in [3.8, 4) is 0 Å². The molecule has 3 unspecified atom stereocenters. The van der Waals surface area contributed by atoms with Gasteiger partial charge in [-0.05, 0) is 19.3 Å². The topological polar surface area (TPSA) is 38.3 Å². The Labute approximate surface area is 86.2 Å². The highest BCUT2D eigenvalue weighted by Crippen LogP contribution is 2.33. The lowest BCUT2D eigenvalue weighted by atomic mass is 10.2. The van der Waals surface area contributed by atoms with E-state index in [9.17, 15) is 4.79 Å². The predicted molar refractivity (Wildman–Crippen MR) is 56.0 cm³/mol. The summed E-state index contributed by atoms with van der Waals surface area (Å²) in [6.45, 7) is 7.19. The zero-order valence-electron chi connectivity index (χ0n) is 9.38. The number of nitrogens with one attached hydrogen (secondary N) is 1. The van der Waals surface area contributed by atoms with E-state index in [0.717, 1.165) is 12.5 Å². The summed E-state index contributed by atoms with van der Waals surface area (Å²) in [5.74, 6) is 0.728. The van der Waals surface area contributed by atoms with Crippen molar-refractivity contribution in [2.45, 2.75) is 39.7 Å². The van der Waals surface area contributed by atoms with Crippen LogP contribution in [0.4, 0.5) is 0 Å². The van der Waals surface area contributed by atoms with Crippen LogP contribution in [-0.4, -0.2) is 25.2 Å². The molecule has 14 heavy (non-hydrogen) atoms. The molecule has 0 aliphatic heterocycles. The second-order valence-corrected chi connectivity index (χ2v) is 4.07. The smallest absolute Gasteiger partial charge is 0.309 e. The summed E-state index contributed by atoms with van der Waals surface area (Å²) in [7, 11) is 0. The molecule has 0 heterocycles. The van der Waals surface area contributed by atoms with Crippen molar-refractivity contribution in [3.05, 3.63) is 0 Å². The Hall–Kier alpha value is -0.570. The van der Waals surface area contributed by atoms with Gasteiger partial charge >= 0.3 is 5.97 Å². The van der Waals surface area contributed by atoms with Gasteiger partial charge < -0.3 is 10.1 Å². The average molecular weight is 199 g/mol. The Morgan fingerprint density at radius 3 is 2.79 bits per heavy atom. The number of hydrogen-bond donors (Lipinski definition) is 1. The van der Waals surface area contributed by atoms with E-state index in [0.29, 0.717) is 12.6 Å². The second kappa shape index (κ2) is 5.35. The monoisotopic (exact) mass is 199 g/mol. The van der Waals surface area contributed by atoms with E-state index < -0.39 is 0 Å². The van der Waals surface area contributed by atoms with Crippen molar-refractivity contribution >= 4 is 5.97 Å². The van der Waals surface area contributed by atoms with E-state index in [1.54, 1.807) is 0 Å². The molecule has 1 N–H and O–H groups in total. The molecule has 82 valence electrons. The Balaban J connectivity index is 2.09. The molecule has 3 nitrogen and oxygen atoms in total. The highest BCUT2D eigenvalue weighted by molar-refractivity contribution is 5.72. The summed E-state index contributed by atoms with van der Waals surface area (Å²) in [4.78, 5) is 11.3. The molecule has 0 aromatic rings. The number of rotatable bonds is 6. The minimum atomic E-state index is -0.0892. The predicted octanol–water partition coefficient (Wildman–Crippen LogP) is 1.57. The SMILES string of the molecule is CCOC(=O)C(C)CNC1CC1CC. The fraction of sp³-hybridized carbons (Fsp3) is 0.909. The molecule has 0 saturated heterocycles. The van der Waals surface area contributed by atoms with Gasteiger partial charge in [-0.3, -0.25) is 4.79 Å². The summed E-state index contributed by atoms with van der Waals surface area (Å²) < 4.78 is 4.93. The highest BCUT2D eigenvalue weighted by Gasteiger charge is 2.35. The molecule has 3 atom stereocenters. The third-order valence-electron chi connectivity index (χ3n) is 2.82. The van der Waals surface area contributed by atoms with Gasteiger partial charge in [-0.15, -0.1) is 0 Å². The Morgan fingerprint density at radius 1 is 1.57 bits per heavy atom. The molecule has 0 aromatic heterocycles. The van der Waals surface area contributed by atoms with Crippen LogP contribution in [0, 0.1) is 11.8 Å². The van der Waals surface area contributed by atoms with Crippen LogP contribution in [0.5, 0.6) is 0 Å². The van der Waals surface area contributed by atoms with Crippen LogP contribution in [-0.2, 0) is 9.53 Å². The van der Waals surface area contributed by atoms with E-state index in [1.807, 2.05) is 13.8 Å². The van der Waals surface area contributed by atoms with Crippen LogP contribution in [0.2, 0.25) is 0 Å². The first-order valence-electron chi connectivity index (χ1n) is 5.59. The number of carbonyl (C=O) groups excluding carboxylic acids is 1. The number of ether oxygens (including phenoxy) is 1. The van der Waals surface area contributed by atoms with Gasteiger partial charge in [0.25, 0.3) is 0 Å². The van der Waals surface area contributed by atoms with Gasteiger partial charge in [-0.1, -0.05) is 20.3 Å². The molecular formula is C11H21NO2. The molecule has 0 aromatic carbocycles. The third-order valence-corrected chi connectivity index (χ3v) is 2.82. The summed E-state index contributed by atoms with van der Waals surface area (Å²) in [6, 6.07) is 0.650. The van der Waals surface area contributed by atoms with E-state index in [1.165, 1.54) is 12.8 Å². The van der Waals surface area contributed by atoms with E-state index >= 15 is 0 Å². The average Bonchev–Trinajstić information content (AvgIpc) is 2.93. The maximum atomic E-state index is 11.3. The normalized spacial score (nSPS) is 27.1. The van der Waals surface area contributed by atoms with Crippen molar-refractivity contribution in [1.29, 1.82) is 0 Å². The molecule has 1 aliphatic rings. The van der Waals surface area contributed by atoms with Gasteiger partial charge in [0.2, 0.25) is 0 Å². The van der Waals surface area contributed by atoms with Gasteiger partial charge in [-0.25, -0.2) is 0 Å². The standard InChI is InChI=1S/C11H21NO2/c1-4-9-6-10(9)12-7-8(3)11(13)14-5-2/h8-10,12H,4-7H2,1-3H3. The van der Waals surface area contributed by atoms with Crippen molar-refractivity contribution in [2.24, 2.45) is 11.8 Å². The minimum Gasteiger partial charge on any atom is -0.466 e. The quantitative estimate of drug-likeness (QED) is 0.660. The molecule has 1 saturated carbocycles. The summed E-state index contributed by atoms with van der Waals surface area (Å²) in [6.07, 6.45) is 2.51. The van der Waals surface area contributed by atoms with Crippen LogP contribution >= 0.6 is 0 Å². The third kappa shape index (κ3) is 3.29. The molecule has 0 radical (unpaired) electrons. The van der Waals surface area contributed by atoms with Crippen LogP contribution in [0.1, 0.15) is 33.6 Å². The molecule has 0 amide bonds. The second-order valence-electron chi connectivity index (χ2n) is 4.07. The lowest BCUT2D eigenvalue weighted by Gasteiger charge is -2.11. The molecule has 0 bridgehead atoms. The first kappa shape index (κ1) is 11.5. The largest absolute Gasteiger partial charge is 0.466 e. The van der Waals surface area contributed by atoms with Crippen molar-refractivity contribution < 1.29 is 9.53 Å². The van der Waals surface area contributed by atoms with Crippen LogP contribution in [0.15, 0.2) is 0 Å². The number of hydrogen-bond acceptors (Lipinski definition) is 3. The van der Waals surface area contributed by atoms with E-state index in [4.69, 9.17) is 4.74 Å². The van der Waals surface area contributed by atoms with Gasteiger partial charge in [0, 0.05) is 12.6 Å². The molecule has 1 fully saturated rings. The molecule has 1 rings (SSSR count). The van der Waals surface area contributed by atoms with Crippen LogP contribution < -0.4 is 5.32 Å². The Kier molecular flexibility index (Phi) is 4.39. The van der Waals surface area contributed by atoms with E-state index in [-0.39, 0.29) is 11.9 Å². The fourth-order valence-electron chi connectivity index (χ4n) is 1.64. The molecule has 0 spiro atoms. The maximum Gasteiger partial charge on any atom is 0.309 e. The molecule has 3 heteroatoms. The summed E-state index contributed by atoms with van der Waals surface area (Å²) in [5, 5.41) is 3.40. The Morgan fingerprint density at radius 2 is 2.29 bits per heavy atom. The first-order chi connectivity index (χ1) is 6.69. The maximum absolute atomic E-state index is 11.3. The van der Waals surface area contributed by atoms with Crippen molar-refractivity contribution in [1.82, 2.24) is 5.32 Å². The highest BCUT2D eigenvalue weighted by atomic mass is 16.5. The van der Waals surface area contributed by atoms with E-state index in [2.05, 4.69) is 12.2 Å². The zero-order chi connectivity index (χ0) is 10.6.